The first-order valence-electron chi connectivity index (χ1n) is 9.61. The Hall–Kier alpha value is -2.67. The molecule has 4 rings (SSSR count). The van der Waals surface area contributed by atoms with Crippen LogP contribution in [0.1, 0.15) is 28.9 Å². The SMILES string of the molecule is COC(=O)c1ccccc1O[C@@H]1C[C@@H]2CN(c3cncc(C)n3)C[C@@H]2C[C@H]1O. The first kappa shape index (κ1) is 18.7. The molecule has 1 aromatic carbocycles. The van der Waals surface area contributed by atoms with Crippen molar-refractivity contribution in [2.45, 2.75) is 32.0 Å². The van der Waals surface area contributed by atoms with E-state index in [1.807, 2.05) is 13.0 Å². The highest BCUT2D eigenvalue weighted by Crippen LogP contribution is 2.39. The van der Waals surface area contributed by atoms with E-state index in [0.717, 1.165) is 31.0 Å². The third-order valence-corrected chi connectivity index (χ3v) is 5.72. The summed E-state index contributed by atoms with van der Waals surface area (Å²) in [5.41, 5.74) is 1.27. The number of aliphatic hydroxyl groups excluding tert-OH is 1. The summed E-state index contributed by atoms with van der Waals surface area (Å²) in [7, 11) is 1.35. The summed E-state index contributed by atoms with van der Waals surface area (Å²) in [6.45, 7) is 3.67. The van der Waals surface area contributed by atoms with Gasteiger partial charge in [0.05, 0.1) is 25.1 Å². The fourth-order valence-corrected chi connectivity index (χ4v) is 4.32. The van der Waals surface area contributed by atoms with Gasteiger partial charge in [0.2, 0.25) is 0 Å². The molecule has 7 heteroatoms. The molecule has 28 heavy (non-hydrogen) atoms. The Bertz CT molecular complexity index is 859. The van der Waals surface area contributed by atoms with E-state index in [9.17, 15) is 9.90 Å². The van der Waals surface area contributed by atoms with Gasteiger partial charge in [-0.05, 0) is 43.7 Å². The average Bonchev–Trinajstić information content (AvgIpc) is 3.11. The maximum Gasteiger partial charge on any atom is 0.341 e. The Kier molecular flexibility index (Phi) is 5.17. The molecule has 7 nitrogen and oxygen atoms in total. The lowest BCUT2D eigenvalue weighted by atomic mass is 9.78. The number of rotatable bonds is 4. The van der Waals surface area contributed by atoms with Crippen LogP contribution in [0.15, 0.2) is 36.7 Å². The number of nitrogens with zero attached hydrogens (tertiary/aromatic N) is 3. The van der Waals surface area contributed by atoms with Gasteiger partial charge in [0.15, 0.2) is 0 Å². The maximum absolute atomic E-state index is 12.0. The smallest absolute Gasteiger partial charge is 0.341 e. The van der Waals surface area contributed by atoms with E-state index in [-0.39, 0.29) is 6.10 Å². The number of esters is 1. The van der Waals surface area contributed by atoms with Gasteiger partial charge in [-0.15, -0.1) is 0 Å². The fourth-order valence-electron chi connectivity index (χ4n) is 4.32. The van der Waals surface area contributed by atoms with Gasteiger partial charge in [-0.3, -0.25) is 4.98 Å². The summed E-state index contributed by atoms with van der Waals surface area (Å²) < 4.78 is 10.9. The van der Waals surface area contributed by atoms with Crippen LogP contribution in [0.25, 0.3) is 0 Å². The minimum absolute atomic E-state index is 0.351. The van der Waals surface area contributed by atoms with Crippen LogP contribution >= 0.6 is 0 Å². The number of methoxy groups -OCH3 is 1. The van der Waals surface area contributed by atoms with Crippen LogP contribution in [-0.4, -0.2) is 53.5 Å². The van der Waals surface area contributed by atoms with Crippen molar-refractivity contribution in [2.24, 2.45) is 11.8 Å². The van der Waals surface area contributed by atoms with E-state index in [2.05, 4.69) is 14.9 Å². The van der Waals surface area contributed by atoms with Crippen molar-refractivity contribution in [1.82, 2.24) is 9.97 Å². The van der Waals surface area contributed by atoms with Gasteiger partial charge in [-0.25, -0.2) is 9.78 Å². The summed E-state index contributed by atoms with van der Waals surface area (Å²) in [5.74, 6) is 1.70. The number of aryl methyl sites for hydroxylation is 1. The zero-order valence-corrected chi connectivity index (χ0v) is 16.1. The number of aromatic nitrogens is 2. The molecular weight excluding hydrogens is 358 g/mol. The molecule has 2 aliphatic rings. The topological polar surface area (TPSA) is 84.8 Å². The first-order chi connectivity index (χ1) is 13.5. The molecule has 0 radical (unpaired) electrons. The van der Waals surface area contributed by atoms with Gasteiger partial charge in [-0.1, -0.05) is 12.1 Å². The van der Waals surface area contributed by atoms with Crippen LogP contribution in [0.2, 0.25) is 0 Å². The highest BCUT2D eigenvalue weighted by Gasteiger charge is 2.43. The number of hydrogen-bond acceptors (Lipinski definition) is 7. The highest BCUT2D eigenvalue weighted by atomic mass is 16.5. The van der Waals surface area contributed by atoms with Crippen molar-refractivity contribution >= 4 is 11.8 Å². The zero-order valence-electron chi connectivity index (χ0n) is 16.1. The number of fused-ring (bicyclic) bond motifs is 1. The van der Waals surface area contributed by atoms with Gasteiger partial charge in [-0.2, -0.15) is 0 Å². The Morgan fingerprint density at radius 2 is 1.93 bits per heavy atom. The van der Waals surface area contributed by atoms with Crippen LogP contribution in [0.3, 0.4) is 0 Å². The second-order valence-electron chi connectivity index (χ2n) is 7.63. The number of para-hydroxylation sites is 1. The van der Waals surface area contributed by atoms with E-state index in [1.54, 1.807) is 30.6 Å². The van der Waals surface area contributed by atoms with Crippen molar-refractivity contribution in [3.8, 4) is 5.75 Å². The molecule has 1 aliphatic carbocycles. The molecule has 4 atom stereocenters. The Balaban J connectivity index is 1.47. The van der Waals surface area contributed by atoms with Crippen molar-refractivity contribution in [3.63, 3.8) is 0 Å². The van der Waals surface area contributed by atoms with Crippen molar-refractivity contribution in [3.05, 3.63) is 47.9 Å². The molecule has 0 amide bonds. The van der Waals surface area contributed by atoms with Crippen molar-refractivity contribution < 1.29 is 19.4 Å². The molecular formula is C21H25N3O4. The van der Waals surface area contributed by atoms with Gasteiger partial charge < -0.3 is 19.5 Å². The van der Waals surface area contributed by atoms with Crippen LogP contribution in [0, 0.1) is 18.8 Å². The van der Waals surface area contributed by atoms with Crippen molar-refractivity contribution in [1.29, 1.82) is 0 Å². The molecule has 0 bridgehead atoms. The molecule has 1 saturated heterocycles. The second-order valence-corrected chi connectivity index (χ2v) is 7.63. The lowest BCUT2D eigenvalue weighted by molar-refractivity contribution is -0.0237. The maximum atomic E-state index is 12.0. The van der Waals surface area contributed by atoms with Crippen LogP contribution in [0.5, 0.6) is 5.75 Å². The standard InChI is InChI=1S/C21H25N3O4/c1-13-9-22-10-20(23-13)24-11-14-7-17(25)19(8-15(14)12-24)28-18-6-4-3-5-16(18)21(26)27-2/h3-6,9-10,14-15,17,19,25H,7-8,11-12H2,1-2H3/t14-,15+,17+,19+/m0/s1. The van der Waals surface area contributed by atoms with Crippen LogP contribution < -0.4 is 9.64 Å². The molecule has 1 saturated carbocycles. The zero-order chi connectivity index (χ0) is 19.7. The Labute approximate surface area is 164 Å². The largest absolute Gasteiger partial charge is 0.487 e. The number of carbonyl (C=O) groups is 1. The lowest BCUT2D eigenvalue weighted by Gasteiger charge is -2.35. The number of benzene rings is 1. The summed E-state index contributed by atoms with van der Waals surface area (Å²) in [5, 5.41) is 10.7. The van der Waals surface area contributed by atoms with E-state index < -0.39 is 12.1 Å². The van der Waals surface area contributed by atoms with E-state index in [0.29, 0.717) is 29.6 Å². The third-order valence-electron chi connectivity index (χ3n) is 5.72. The predicted molar refractivity (Wildman–Crippen MR) is 103 cm³/mol. The van der Waals surface area contributed by atoms with Crippen LogP contribution in [0.4, 0.5) is 5.82 Å². The molecule has 1 N–H and O–H groups in total. The highest BCUT2D eigenvalue weighted by molar-refractivity contribution is 5.92. The first-order valence-corrected chi connectivity index (χ1v) is 9.61. The van der Waals surface area contributed by atoms with Gasteiger partial charge >= 0.3 is 5.97 Å². The lowest BCUT2D eigenvalue weighted by Crippen LogP contribution is -2.42. The Morgan fingerprint density at radius 3 is 2.68 bits per heavy atom. The molecule has 148 valence electrons. The molecule has 2 fully saturated rings. The minimum Gasteiger partial charge on any atom is -0.487 e. The quantitative estimate of drug-likeness (QED) is 0.811. The number of hydrogen-bond donors (Lipinski definition) is 1. The monoisotopic (exact) mass is 383 g/mol. The molecule has 2 aromatic rings. The molecule has 0 unspecified atom stereocenters. The minimum atomic E-state index is -0.574. The van der Waals surface area contributed by atoms with Gasteiger partial charge in [0.25, 0.3) is 0 Å². The van der Waals surface area contributed by atoms with E-state index in [1.165, 1.54) is 7.11 Å². The number of carbonyl (C=O) groups excluding carboxylic acids is 1. The number of ether oxygens (including phenoxy) is 2. The molecule has 1 aliphatic heterocycles. The Morgan fingerprint density at radius 1 is 1.18 bits per heavy atom. The normalized spacial score (nSPS) is 26.6. The summed E-state index contributed by atoms with van der Waals surface area (Å²) in [6.07, 6.45) is 4.02. The second kappa shape index (κ2) is 7.75. The summed E-state index contributed by atoms with van der Waals surface area (Å²) in [6, 6.07) is 7.00. The predicted octanol–water partition coefficient (Wildman–Crippen LogP) is 2.23. The molecule has 0 spiro atoms. The number of aliphatic hydroxyl groups is 1. The molecule has 1 aromatic heterocycles. The third kappa shape index (κ3) is 3.67. The fraction of sp³-hybridized carbons (Fsp3) is 0.476. The van der Waals surface area contributed by atoms with E-state index >= 15 is 0 Å². The van der Waals surface area contributed by atoms with Crippen LogP contribution in [-0.2, 0) is 4.74 Å². The average molecular weight is 383 g/mol. The summed E-state index contributed by atoms with van der Waals surface area (Å²) >= 11 is 0. The van der Waals surface area contributed by atoms with Gasteiger partial charge in [0.1, 0.15) is 23.2 Å². The molecule has 2 heterocycles. The number of anilines is 1. The van der Waals surface area contributed by atoms with Crippen molar-refractivity contribution in [2.75, 3.05) is 25.1 Å². The van der Waals surface area contributed by atoms with E-state index in [4.69, 9.17) is 9.47 Å². The summed E-state index contributed by atoms with van der Waals surface area (Å²) in [4.78, 5) is 23.0. The van der Waals surface area contributed by atoms with Gasteiger partial charge in [0, 0.05) is 19.3 Å².